The second-order valence-electron chi connectivity index (χ2n) is 5.55. The molecule has 1 aromatic carbocycles. The van der Waals surface area contributed by atoms with Crippen molar-refractivity contribution in [1.82, 2.24) is 16.0 Å². The maximum absolute atomic E-state index is 13.1. The lowest BCUT2D eigenvalue weighted by Crippen LogP contribution is -2.41. The summed E-state index contributed by atoms with van der Waals surface area (Å²) >= 11 is 0. The summed E-state index contributed by atoms with van der Waals surface area (Å²) in [5.41, 5.74) is 0.672. The van der Waals surface area contributed by atoms with Crippen molar-refractivity contribution < 1.29 is 9.18 Å². The van der Waals surface area contributed by atoms with E-state index in [9.17, 15) is 9.18 Å². The van der Waals surface area contributed by atoms with Gasteiger partial charge in [0.25, 0.3) is 0 Å². The molecule has 0 bridgehead atoms. The van der Waals surface area contributed by atoms with Gasteiger partial charge in [0.1, 0.15) is 5.82 Å². The Hall–Kier alpha value is -2.11. The molecule has 1 amide bonds. The molecule has 3 N–H and O–H groups in total. The Labute approximate surface area is 144 Å². The highest BCUT2D eigenvalue weighted by molar-refractivity contribution is 5.80. The Bertz CT molecular complexity index is 519. The van der Waals surface area contributed by atoms with Gasteiger partial charge in [0.15, 0.2) is 5.96 Å². The predicted molar refractivity (Wildman–Crippen MR) is 96.6 cm³/mol. The Morgan fingerprint density at radius 3 is 2.62 bits per heavy atom. The number of guanidine groups is 1. The largest absolute Gasteiger partial charge is 0.357 e. The van der Waals surface area contributed by atoms with E-state index in [2.05, 4.69) is 27.9 Å². The second-order valence-corrected chi connectivity index (χ2v) is 5.55. The standard InChI is InChI=1S/C18H29FN4O/c1-3-5-6-10-22-18(20-4-2)23-12-11-21-17(24)14-15-8-7-9-16(19)13-15/h7-9,13H,3-6,10-12,14H2,1-2H3,(H,21,24)(H2,20,22,23). The Morgan fingerprint density at radius 1 is 1.12 bits per heavy atom. The van der Waals surface area contributed by atoms with Gasteiger partial charge in [0.2, 0.25) is 5.91 Å². The number of carbonyl (C=O) groups is 1. The fourth-order valence-electron chi connectivity index (χ4n) is 2.17. The molecule has 0 spiro atoms. The molecule has 134 valence electrons. The van der Waals surface area contributed by atoms with Crippen LogP contribution < -0.4 is 16.0 Å². The lowest BCUT2D eigenvalue weighted by Gasteiger charge is -2.12. The predicted octanol–water partition coefficient (Wildman–Crippen LogP) is 2.23. The summed E-state index contributed by atoms with van der Waals surface area (Å²) < 4.78 is 13.1. The molecule has 0 fully saturated rings. The first-order valence-electron chi connectivity index (χ1n) is 8.69. The van der Waals surface area contributed by atoms with Crippen LogP contribution in [-0.4, -0.2) is 38.0 Å². The van der Waals surface area contributed by atoms with Gasteiger partial charge in [-0.25, -0.2) is 4.39 Å². The molecule has 24 heavy (non-hydrogen) atoms. The van der Waals surface area contributed by atoms with Gasteiger partial charge >= 0.3 is 0 Å². The van der Waals surface area contributed by atoms with Crippen LogP contribution >= 0.6 is 0 Å². The lowest BCUT2D eigenvalue weighted by atomic mass is 10.1. The first-order chi connectivity index (χ1) is 11.7. The quantitative estimate of drug-likeness (QED) is 0.349. The van der Waals surface area contributed by atoms with Gasteiger partial charge in [-0.15, -0.1) is 0 Å². The average molecular weight is 336 g/mol. The molecule has 0 radical (unpaired) electrons. The minimum Gasteiger partial charge on any atom is -0.357 e. The van der Waals surface area contributed by atoms with E-state index in [1.165, 1.54) is 25.0 Å². The summed E-state index contributed by atoms with van der Waals surface area (Å²) in [5.74, 6) is 0.330. The van der Waals surface area contributed by atoms with Gasteiger partial charge in [-0.3, -0.25) is 9.79 Å². The van der Waals surface area contributed by atoms with Crippen LogP contribution in [0.3, 0.4) is 0 Å². The van der Waals surface area contributed by atoms with Crippen molar-refractivity contribution in [2.45, 2.75) is 39.5 Å². The number of nitrogens with zero attached hydrogens (tertiary/aromatic N) is 1. The smallest absolute Gasteiger partial charge is 0.224 e. The van der Waals surface area contributed by atoms with Crippen LogP contribution in [0, 0.1) is 5.82 Å². The molecule has 1 rings (SSSR count). The van der Waals surface area contributed by atoms with E-state index in [1.807, 2.05) is 6.92 Å². The molecular weight excluding hydrogens is 307 g/mol. The SMILES string of the molecule is CCCCCN=C(NCC)NCCNC(=O)Cc1cccc(F)c1. The zero-order chi connectivity index (χ0) is 17.6. The van der Waals surface area contributed by atoms with Crippen molar-refractivity contribution in [2.24, 2.45) is 4.99 Å². The summed E-state index contributed by atoms with van der Waals surface area (Å²) in [6.07, 6.45) is 3.62. The molecule has 6 heteroatoms. The average Bonchev–Trinajstić information content (AvgIpc) is 2.55. The molecule has 0 aliphatic rings. The third-order valence-corrected chi connectivity index (χ3v) is 3.37. The van der Waals surface area contributed by atoms with E-state index in [0.717, 1.165) is 25.5 Å². The summed E-state index contributed by atoms with van der Waals surface area (Å²) in [7, 11) is 0. The zero-order valence-electron chi connectivity index (χ0n) is 14.7. The first-order valence-corrected chi connectivity index (χ1v) is 8.69. The number of nitrogens with one attached hydrogen (secondary N) is 3. The third-order valence-electron chi connectivity index (χ3n) is 3.37. The minimum atomic E-state index is -0.323. The number of unbranched alkanes of at least 4 members (excludes halogenated alkanes) is 2. The highest BCUT2D eigenvalue weighted by atomic mass is 19.1. The van der Waals surface area contributed by atoms with Crippen molar-refractivity contribution >= 4 is 11.9 Å². The van der Waals surface area contributed by atoms with Crippen molar-refractivity contribution in [3.05, 3.63) is 35.6 Å². The number of amides is 1. The van der Waals surface area contributed by atoms with E-state index in [4.69, 9.17) is 0 Å². The molecule has 5 nitrogen and oxygen atoms in total. The number of benzene rings is 1. The molecule has 0 saturated carbocycles. The molecule has 0 heterocycles. The van der Waals surface area contributed by atoms with Crippen molar-refractivity contribution in [3.8, 4) is 0 Å². The van der Waals surface area contributed by atoms with Gasteiger partial charge in [-0.1, -0.05) is 31.9 Å². The van der Waals surface area contributed by atoms with Gasteiger partial charge in [-0.05, 0) is 31.0 Å². The van der Waals surface area contributed by atoms with E-state index in [-0.39, 0.29) is 18.1 Å². The van der Waals surface area contributed by atoms with E-state index < -0.39 is 0 Å². The molecule has 0 saturated heterocycles. The topological polar surface area (TPSA) is 65.5 Å². The lowest BCUT2D eigenvalue weighted by molar-refractivity contribution is -0.120. The van der Waals surface area contributed by atoms with Gasteiger partial charge < -0.3 is 16.0 Å². The van der Waals surface area contributed by atoms with Crippen molar-refractivity contribution in [1.29, 1.82) is 0 Å². The van der Waals surface area contributed by atoms with Crippen LogP contribution in [0.5, 0.6) is 0 Å². The minimum absolute atomic E-state index is 0.118. The fraction of sp³-hybridized carbons (Fsp3) is 0.556. The highest BCUT2D eigenvalue weighted by Crippen LogP contribution is 2.03. The molecule has 0 aliphatic carbocycles. The monoisotopic (exact) mass is 336 g/mol. The zero-order valence-corrected chi connectivity index (χ0v) is 14.7. The van der Waals surface area contributed by atoms with Crippen LogP contribution in [0.2, 0.25) is 0 Å². The number of hydrogen-bond donors (Lipinski definition) is 3. The summed E-state index contributed by atoms with van der Waals surface area (Å²) in [4.78, 5) is 16.3. The highest BCUT2D eigenvalue weighted by Gasteiger charge is 2.04. The molecule has 0 aliphatic heterocycles. The van der Waals surface area contributed by atoms with E-state index >= 15 is 0 Å². The molecule has 0 unspecified atom stereocenters. The summed E-state index contributed by atoms with van der Waals surface area (Å²) in [6.45, 7) is 6.87. The normalized spacial score (nSPS) is 11.2. The fourth-order valence-corrected chi connectivity index (χ4v) is 2.17. The number of hydrogen-bond acceptors (Lipinski definition) is 2. The first kappa shape index (κ1) is 19.9. The number of rotatable bonds is 10. The number of carbonyl (C=O) groups excluding carboxylic acids is 1. The third kappa shape index (κ3) is 9.12. The van der Waals surface area contributed by atoms with Crippen LogP contribution in [-0.2, 0) is 11.2 Å². The van der Waals surface area contributed by atoms with E-state index in [0.29, 0.717) is 18.7 Å². The maximum atomic E-state index is 13.1. The number of aliphatic imine (C=N–C) groups is 1. The van der Waals surface area contributed by atoms with Gasteiger partial charge in [0.05, 0.1) is 6.42 Å². The van der Waals surface area contributed by atoms with Crippen LogP contribution in [0.1, 0.15) is 38.7 Å². The number of halogens is 1. The Morgan fingerprint density at radius 2 is 1.92 bits per heavy atom. The second kappa shape index (κ2) is 12.3. The van der Waals surface area contributed by atoms with Gasteiger partial charge in [0, 0.05) is 26.2 Å². The summed E-state index contributed by atoms with van der Waals surface area (Å²) in [6, 6.07) is 6.10. The van der Waals surface area contributed by atoms with E-state index in [1.54, 1.807) is 12.1 Å². The molecule has 0 aromatic heterocycles. The molecule has 1 aromatic rings. The van der Waals surface area contributed by atoms with Crippen LogP contribution in [0.25, 0.3) is 0 Å². The van der Waals surface area contributed by atoms with Gasteiger partial charge in [-0.2, -0.15) is 0 Å². The van der Waals surface area contributed by atoms with Crippen molar-refractivity contribution in [2.75, 3.05) is 26.2 Å². The van der Waals surface area contributed by atoms with Crippen LogP contribution in [0.15, 0.2) is 29.3 Å². The Balaban J connectivity index is 2.25. The maximum Gasteiger partial charge on any atom is 0.224 e. The molecular formula is C18H29FN4O. The van der Waals surface area contributed by atoms with Crippen molar-refractivity contribution in [3.63, 3.8) is 0 Å². The summed E-state index contributed by atoms with van der Waals surface area (Å²) in [5, 5.41) is 9.19. The van der Waals surface area contributed by atoms with Crippen LogP contribution in [0.4, 0.5) is 4.39 Å². The Kier molecular flexibility index (Phi) is 10.2. The molecule has 0 atom stereocenters.